The standard InChI is InChI=1S/C13H22N4O3S/c1-3-21(19,20)17-6-4-12(5-7-17)13(18)16(2)10-11-8-14-15-9-11/h8-9,12H,3-7,10H2,1-2H3,(H,14,15). The van der Waals surface area contributed by atoms with Crippen molar-refractivity contribution in [1.29, 1.82) is 0 Å². The number of carbonyl (C=O) groups is 1. The van der Waals surface area contributed by atoms with Gasteiger partial charge in [-0.3, -0.25) is 9.89 Å². The molecule has 118 valence electrons. The lowest BCUT2D eigenvalue weighted by atomic mass is 9.96. The molecule has 1 aromatic heterocycles. The van der Waals surface area contributed by atoms with Gasteiger partial charge in [-0.25, -0.2) is 12.7 Å². The maximum Gasteiger partial charge on any atom is 0.225 e. The van der Waals surface area contributed by atoms with Gasteiger partial charge in [-0.15, -0.1) is 0 Å². The van der Waals surface area contributed by atoms with Gasteiger partial charge in [0.2, 0.25) is 15.9 Å². The molecule has 1 amide bonds. The van der Waals surface area contributed by atoms with Crippen LogP contribution in [0.25, 0.3) is 0 Å². The van der Waals surface area contributed by atoms with Crippen molar-refractivity contribution in [2.45, 2.75) is 26.3 Å². The fraction of sp³-hybridized carbons (Fsp3) is 0.692. The summed E-state index contributed by atoms with van der Waals surface area (Å²) in [6.45, 7) is 3.03. The second kappa shape index (κ2) is 6.57. The monoisotopic (exact) mass is 314 g/mol. The normalized spacial score (nSPS) is 17.8. The number of aromatic nitrogens is 2. The number of nitrogens with one attached hydrogen (secondary N) is 1. The zero-order valence-electron chi connectivity index (χ0n) is 12.4. The largest absolute Gasteiger partial charge is 0.341 e. The molecule has 0 aromatic carbocycles. The maximum absolute atomic E-state index is 12.4. The molecule has 0 unspecified atom stereocenters. The molecule has 1 aromatic rings. The van der Waals surface area contributed by atoms with Crippen LogP contribution in [-0.2, 0) is 21.4 Å². The van der Waals surface area contributed by atoms with Crippen LogP contribution in [0.3, 0.4) is 0 Å². The summed E-state index contributed by atoms with van der Waals surface area (Å²) in [5.41, 5.74) is 0.955. The van der Waals surface area contributed by atoms with Crippen molar-refractivity contribution >= 4 is 15.9 Å². The van der Waals surface area contributed by atoms with E-state index in [2.05, 4.69) is 10.2 Å². The highest BCUT2D eigenvalue weighted by atomic mass is 32.2. The van der Waals surface area contributed by atoms with Crippen molar-refractivity contribution < 1.29 is 13.2 Å². The summed E-state index contributed by atoms with van der Waals surface area (Å²) in [5.74, 6) is 0.0985. The minimum absolute atomic E-state index is 0.0738. The number of hydrogen-bond acceptors (Lipinski definition) is 4. The molecule has 0 saturated carbocycles. The van der Waals surface area contributed by atoms with Crippen molar-refractivity contribution in [3.05, 3.63) is 18.0 Å². The van der Waals surface area contributed by atoms with Crippen LogP contribution in [0.1, 0.15) is 25.3 Å². The molecule has 0 spiro atoms. The first-order valence-electron chi connectivity index (χ1n) is 7.14. The van der Waals surface area contributed by atoms with Crippen LogP contribution in [0.15, 0.2) is 12.4 Å². The molecular weight excluding hydrogens is 292 g/mol. The van der Waals surface area contributed by atoms with Crippen LogP contribution in [0.4, 0.5) is 0 Å². The molecule has 1 saturated heterocycles. The van der Waals surface area contributed by atoms with E-state index in [1.54, 1.807) is 31.3 Å². The lowest BCUT2D eigenvalue weighted by Crippen LogP contribution is -2.43. The molecule has 2 heterocycles. The molecule has 1 aliphatic heterocycles. The Morgan fingerprint density at radius 2 is 2.14 bits per heavy atom. The van der Waals surface area contributed by atoms with Crippen LogP contribution in [0.5, 0.6) is 0 Å². The summed E-state index contributed by atoms with van der Waals surface area (Å²) in [6.07, 6.45) is 4.64. The van der Waals surface area contributed by atoms with Gasteiger partial charge in [0, 0.05) is 44.4 Å². The van der Waals surface area contributed by atoms with E-state index in [0.717, 1.165) is 5.56 Å². The fourth-order valence-corrected chi connectivity index (χ4v) is 3.72. The van der Waals surface area contributed by atoms with E-state index in [4.69, 9.17) is 0 Å². The minimum Gasteiger partial charge on any atom is -0.341 e. The van der Waals surface area contributed by atoms with E-state index in [0.29, 0.717) is 32.5 Å². The first-order chi connectivity index (χ1) is 9.94. The zero-order chi connectivity index (χ0) is 15.5. The average Bonchev–Trinajstić information content (AvgIpc) is 2.99. The maximum atomic E-state index is 12.4. The Labute approximate surface area is 125 Å². The molecule has 21 heavy (non-hydrogen) atoms. The van der Waals surface area contributed by atoms with Crippen LogP contribution in [-0.4, -0.2) is 59.6 Å². The zero-order valence-corrected chi connectivity index (χ0v) is 13.3. The smallest absolute Gasteiger partial charge is 0.225 e. The Morgan fingerprint density at radius 3 is 2.67 bits per heavy atom. The number of amides is 1. The van der Waals surface area contributed by atoms with Crippen molar-refractivity contribution in [3.63, 3.8) is 0 Å². The second-order valence-electron chi connectivity index (χ2n) is 5.37. The summed E-state index contributed by atoms with van der Waals surface area (Å²) < 4.78 is 25.1. The molecule has 0 bridgehead atoms. The lowest BCUT2D eigenvalue weighted by Gasteiger charge is -2.32. The second-order valence-corrected chi connectivity index (χ2v) is 7.63. The Morgan fingerprint density at radius 1 is 1.48 bits per heavy atom. The van der Waals surface area contributed by atoms with Crippen molar-refractivity contribution in [2.24, 2.45) is 5.92 Å². The highest BCUT2D eigenvalue weighted by Crippen LogP contribution is 2.22. The number of hydrogen-bond donors (Lipinski definition) is 1. The average molecular weight is 314 g/mol. The molecule has 1 N–H and O–H groups in total. The van der Waals surface area contributed by atoms with Gasteiger partial charge in [0.05, 0.1) is 11.9 Å². The summed E-state index contributed by atoms with van der Waals surface area (Å²) in [7, 11) is -1.37. The van der Waals surface area contributed by atoms with E-state index >= 15 is 0 Å². The number of nitrogens with zero attached hydrogens (tertiary/aromatic N) is 3. The molecule has 8 heteroatoms. The van der Waals surface area contributed by atoms with Gasteiger partial charge in [-0.2, -0.15) is 5.10 Å². The van der Waals surface area contributed by atoms with E-state index in [9.17, 15) is 13.2 Å². The van der Waals surface area contributed by atoms with Crippen molar-refractivity contribution in [2.75, 3.05) is 25.9 Å². The molecule has 0 aliphatic carbocycles. The Kier molecular flexibility index (Phi) is 5.00. The number of rotatable bonds is 5. The Bertz CT molecular complexity index is 562. The number of H-pyrrole nitrogens is 1. The molecule has 1 aliphatic rings. The lowest BCUT2D eigenvalue weighted by molar-refractivity contribution is -0.135. The molecule has 7 nitrogen and oxygen atoms in total. The SMILES string of the molecule is CCS(=O)(=O)N1CCC(C(=O)N(C)Cc2cn[nH]c2)CC1. The van der Waals surface area contributed by atoms with Gasteiger partial charge in [0.25, 0.3) is 0 Å². The first kappa shape index (κ1) is 16.0. The number of carbonyl (C=O) groups excluding carboxylic acids is 1. The van der Waals surface area contributed by atoms with E-state index in [1.165, 1.54) is 4.31 Å². The first-order valence-corrected chi connectivity index (χ1v) is 8.75. The van der Waals surface area contributed by atoms with Crippen molar-refractivity contribution in [3.8, 4) is 0 Å². The Hall–Kier alpha value is -1.41. The van der Waals surface area contributed by atoms with Gasteiger partial charge in [0.1, 0.15) is 0 Å². The van der Waals surface area contributed by atoms with E-state index in [-0.39, 0.29) is 17.6 Å². The van der Waals surface area contributed by atoms with Gasteiger partial charge in [0.15, 0.2) is 0 Å². The highest BCUT2D eigenvalue weighted by Gasteiger charge is 2.31. The summed E-state index contributed by atoms with van der Waals surface area (Å²) in [5, 5.41) is 6.58. The van der Waals surface area contributed by atoms with E-state index < -0.39 is 10.0 Å². The quantitative estimate of drug-likeness (QED) is 0.854. The highest BCUT2D eigenvalue weighted by molar-refractivity contribution is 7.89. The predicted molar refractivity (Wildman–Crippen MR) is 78.8 cm³/mol. The van der Waals surface area contributed by atoms with Gasteiger partial charge in [-0.05, 0) is 19.8 Å². The third kappa shape index (κ3) is 3.82. The summed E-state index contributed by atoms with van der Waals surface area (Å²) in [4.78, 5) is 14.1. The molecule has 1 fully saturated rings. The van der Waals surface area contributed by atoms with Crippen LogP contribution >= 0.6 is 0 Å². The molecule has 0 atom stereocenters. The Balaban J connectivity index is 1.88. The number of piperidine rings is 1. The number of aromatic amines is 1. The van der Waals surface area contributed by atoms with Crippen LogP contribution in [0, 0.1) is 5.92 Å². The molecular formula is C13H22N4O3S. The molecule has 0 radical (unpaired) electrons. The van der Waals surface area contributed by atoms with Crippen molar-refractivity contribution in [1.82, 2.24) is 19.4 Å². The minimum atomic E-state index is -3.14. The van der Waals surface area contributed by atoms with E-state index in [1.807, 2.05) is 0 Å². The third-order valence-electron chi connectivity index (χ3n) is 3.91. The number of sulfonamides is 1. The predicted octanol–water partition coefficient (Wildman–Crippen LogP) is 0.430. The fourth-order valence-electron chi connectivity index (χ4n) is 2.59. The summed E-state index contributed by atoms with van der Waals surface area (Å²) >= 11 is 0. The van der Waals surface area contributed by atoms with Gasteiger partial charge < -0.3 is 4.90 Å². The molecule has 2 rings (SSSR count). The summed E-state index contributed by atoms with van der Waals surface area (Å²) in [6, 6.07) is 0. The van der Waals surface area contributed by atoms with Gasteiger partial charge >= 0.3 is 0 Å². The van der Waals surface area contributed by atoms with Crippen LogP contribution in [0.2, 0.25) is 0 Å². The van der Waals surface area contributed by atoms with Crippen LogP contribution < -0.4 is 0 Å². The topological polar surface area (TPSA) is 86.4 Å². The third-order valence-corrected chi connectivity index (χ3v) is 5.79. The van der Waals surface area contributed by atoms with Gasteiger partial charge in [-0.1, -0.05) is 0 Å².